The second kappa shape index (κ2) is 3.69. The molecule has 1 heterocycles. The van der Waals surface area contributed by atoms with E-state index in [-0.39, 0.29) is 0 Å². The largest absolute Gasteiger partial charge is 0.309 e. The molecular weight excluding hydrogens is 170 g/mol. The van der Waals surface area contributed by atoms with Gasteiger partial charge < -0.3 is 5.32 Å². The standard InChI is InChI=1S/C13H25N/c1-12(2,3)10-8-7-9-14-11(10)13(4,5)6/h7-8,10-11,14H,9H2,1-6H3. The molecule has 1 nitrogen and oxygen atoms in total. The molecule has 0 fully saturated rings. The highest BCUT2D eigenvalue weighted by Crippen LogP contribution is 2.38. The lowest BCUT2D eigenvalue weighted by molar-refractivity contribution is 0.134. The molecule has 14 heavy (non-hydrogen) atoms. The van der Waals surface area contributed by atoms with Gasteiger partial charge in [0.2, 0.25) is 0 Å². The molecule has 0 bridgehead atoms. The molecule has 2 unspecified atom stereocenters. The van der Waals surface area contributed by atoms with E-state index in [0.717, 1.165) is 6.54 Å². The van der Waals surface area contributed by atoms with Gasteiger partial charge in [-0.2, -0.15) is 0 Å². The zero-order chi connectivity index (χ0) is 11.0. The van der Waals surface area contributed by atoms with Gasteiger partial charge in [-0.25, -0.2) is 0 Å². The van der Waals surface area contributed by atoms with Crippen LogP contribution in [0.3, 0.4) is 0 Å². The summed E-state index contributed by atoms with van der Waals surface area (Å²) in [6, 6.07) is 0.590. The molecule has 0 aromatic carbocycles. The minimum absolute atomic E-state index is 0.336. The van der Waals surface area contributed by atoms with Crippen molar-refractivity contribution in [3.8, 4) is 0 Å². The summed E-state index contributed by atoms with van der Waals surface area (Å²) in [5, 5.41) is 3.63. The highest BCUT2D eigenvalue weighted by Gasteiger charge is 2.37. The Morgan fingerprint density at radius 2 is 1.57 bits per heavy atom. The summed E-state index contributed by atoms with van der Waals surface area (Å²) in [6.07, 6.45) is 4.66. The van der Waals surface area contributed by atoms with Crippen molar-refractivity contribution in [1.82, 2.24) is 5.32 Å². The lowest BCUT2D eigenvalue weighted by Gasteiger charge is -2.44. The molecule has 0 saturated carbocycles. The van der Waals surface area contributed by atoms with E-state index in [9.17, 15) is 0 Å². The summed E-state index contributed by atoms with van der Waals surface area (Å²) in [6.45, 7) is 15.0. The van der Waals surface area contributed by atoms with Crippen LogP contribution in [0.15, 0.2) is 12.2 Å². The van der Waals surface area contributed by atoms with Gasteiger partial charge in [0.1, 0.15) is 0 Å². The van der Waals surface area contributed by atoms with Gasteiger partial charge in [-0.15, -0.1) is 0 Å². The molecule has 0 radical (unpaired) electrons. The quantitative estimate of drug-likeness (QED) is 0.585. The Bertz CT molecular complexity index is 214. The summed E-state index contributed by atoms with van der Waals surface area (Å²) >= 11 is 0. The average molecular weight is 195 g/mol. The molecule has 0 aromatic heterocycles. The van der Waals surface area contributed by atoms with Crippen molar-refractivity contribution in [2.24, 2.45) is 16.7 Å². The first-order chi connectivity index (χ1) is 6.23. The third-order valence-electron chi connectivity index (χ3n) is 3.09. The van der Waals surface area contributed by atoms with Gasteiger partial charge in [0.25, 0.3) is 0 Å². The van der Waals surface area contributed by atoms with Crippen LogP contribution in [0.1, 0.15) is 41.5 Å². The number of hydrogen-bond donors (Lipinski definition) is 1. The molecule has 1 aliphatic heterocycles. The van der Waals surface area contributed by atoms with Crippen molar-refractivity contribution >= 4 is 0 Å². The lowest BCUT2D eigenvalue weighted by atomic mass is 9.67. The predicted molar refractivity (Wildman–Crippen MR) is 63.3 cm³/mol. The number of hydrogen-bond acceptors (Lipinski definition) is 1. The SMILES string of the molecule is CC(C)(C)C1C=CCNC1C(C)(C)C. The minimum atomic E-state index is 0.336. The van der Waals surface area contributed by atoms with Crippen molar-refractivity contribution in [3.05, 3.63) is 12.2 Å². The molecule has 1 heteroatoms. The molecule has 82 valence electrons. The van der Waals surface area contributed by atoms with Gasteiger partial charge in [-0.1, -0.05) is 53.7 Å². The molecule has 0 aromatic rings. The Hall–Kier alpha value is -0.300. The second-order valence-electron chi connectivity index (χ2n) is 6.57. The van der Waals surface area contributed by atoms with Crippen LogP contribution < -0.4 is 5.32 Å². The molecule has 1 aliphatic rings. The second-order valence-corrected chi connectivity index (χ2v) is 6.57. The van der Waals surface area contributed by atoms with E-state index < -0.39 is 0 Å². The van der Waals surface area contributed by atoms with Crippen LogP contribution in [0.5, 0.6) is 0 Å². The van der Waals surface area contributed by atoms with Crippen LogP contribution in [-0.2, 0) is 0 Å². The van der Waals surface area contributed by atoms with Gasteiger partial charge in [-0.3, -0.25) is 0 Å². The summed E-state index contributed by atoms with van der Waals surface area (Å²) in [4.78, 5) is 0. The van der Waals surface area contributed by atoms with E-state index in [1.165, 1.54) is 0 Å². The topological polar surface area (TPSA) is 12.0 Å². The highest BCUT2D eigenvalue weighted by atomic mass is 14.9. The van der Waals surface area contributed by atoms with Crippen LogP contribution >= 0.6 is 0 Å². The maximum atomic E-state index is 3.63. The molecular formula is C13H25N. The summed E-state index contributed by atoms with van der Waals surface area (Å²) in [5.41, 5.74) is 0.685. The Morgan fingerprint density at radius 1 is 1.00 bits per heavy atom. The van der Waals surface area contributed by atoms with Gasteiger partial charge in [-0.05, 0) is 16.7 Å². The van der Waals surface area contributed by atoms with Crippen LogP contribution in [0, 0.1) is 16.7 Å². The average Bonchev–Trinajstić information content (AvgIpc) is 2.01. The maximum absolute atomic E-state index is 3.63. The van der Waals surface area contributed by atoms with Gasteiger partial charge in [0.05, 0.1) is 0 Å². The van der Waals surface area contributed by atoms with E-state index >= 15 is 0 Å². The highest BCUT2D eigenvalue weighted by molar-refractivity contribution is 5.08. The third-order valence-corrected chi connectivity index (χ3v) is 3.09. The van der Waals surface area contributed by atoms with E-state index in [1.807, 2.05) is 0 Å². The normalized spacial score (nSPS) is 29.3. The molecule has 0 aliphatic carbocycles. The summed E-state index contributed by atoms with van der Waals surface area (Å²) in [5.74, 6) is 0.635. The third kappa shape index (κ3) is 2.60. The maximum Gasteiger partial charge on any atom is 0.0186 e. The zero-order valence-electron chi connectivity index (χ0n) is 10.5. The molecule has 1 rings (SSSR count). The number of rotatable bonds is 0. The fourth-order valence-electron chi connectivity index (χ4n) is 2.28. The molecule has 1 N–H and O–H groups in total. The van der Waals surface area contributed by atoms with Crippen molar-refractivity contribution < 1.29 is 0 Å². The Labute approximate surface area is 89.0 Å². The Morgan fingerprint density at radius 3 is 1.93 bits per heavy atom. The van der Waals surface area contributed by atoms with Crippen LogP contribution in [0.25, 0.3) is 0 Å². The summed E-state index contributed by atoms with van der Waals surface area (Å²) in [7, 11) is 0. The molecule has 0 spiro atoms. The van der Waals surface area contributed by atoms with Crippen LogP contribution in [0.2, 0.25) is 0 Å². The van der Waals surface area contributed by atoms with E-state index in [4.69, 9.17) is 0 Å². The molecule has 2 atom stereocenters. The Balaban J connectivity index is 2.90. The molecule has 0 saturated heterocycles. The van der Waals surface area contributed by atoms with Gasteiger partial charge >= 0.3 is 0 Å². The molecule has 0 amide bonds. The Kier molecular flexibility index (Phi) is 3.10. The first-order valence-corrected chi connectivity index (χ1v) is 5.63. The fourth-order valence-corrected chi connectivity index (χ4v) is 2.28. The van der Waals surface area contributed by atoms with Crippen molar-refractivity contribution in [2.75, 3.05) is 6.54 Å². The lowest BCUT2D eigenvalue weighted by Crippen LogP contribution is -2.51. The van der Waals surface area contributed by atoms with E-state index in [0.29, 0.717) is 22.8 Å². The predicted octanol–water partition coefficient (Wildman–Crippen LogP) is 3.22. The van der Waals surface area contributed by atoms with E-state index in [1.54, 1.807) is 0 Å². The zero-order valence-corrected chi connectivity index (χ0v) is 10.5. The van der Waals surface area contributed by atoms with Gasteiger partial charge in [0.15, 0.2) is 0 Å². The van der Waals surface area contributed by atoms with Crippen LogP contribution in [-0.4, -0.2) is 12.6 Å². The van der Waals surface area contributed by atoms with Crippen molar-refractivity contribution in [3.63, 3.8) is 0 Å². The summed E-state index contributed by atoms with van der Waals surface area (Å²) < 4.78 is 0. The van der Waals surface area contributed by atoms with E-state index in [2.05, 4.69) is 59.0 Å². The minimum Gasteiger partial charge on any atom is -0.309 e. The van der Waals surface area contributed by atoms with Crippen molar-refractivity contribution in [1.29, 1.82) is 0 Å². The number of nitrogens with one attached hydrogen (secondary N) is 1. The van der Waals surface area contributed by atoms with Crippen LogP contribution in [0.4, 0.5) is 0 Å². The monoisotopic (exact) mass is 195 g/mol. The fraction of sp³-hybridized carbons (Fsp3) is 0.846. The first kappa shape index (κ1) is 11.8. The first-order valence-electron chi connectivity index (χ1n) is 5.63. The van der Waals surface area contributed by atoms with Gasteiger partial charge in [0, 0.05) is 12.6 Å². The smallest absolute Gasteiger partial charge is 0.0186 e. The van der Waals surface area contributed by atoms with Crippen molar-refractivity contribution in [2.45, 2.75) is 47.6 Å².